The zero-order valence-electron chi connectivity index (χ0n) is 21.7. The molecule has 1 atom stereocenters. The molecule has 0 bridgehead atoms. The Morgan fingerprint density at radius 3 is 2.56 bits per heavy atom. The number of fused-ring (bicyclic) bond motifs is 1. The summed E-state index contributed by atoms with van der Waals surface area (Å²) in [5.41, 5.74) is 5.66. The summed E-state index contributed by atoms with van der Waals surface area (Å²) >= 11 is 0. The van der Waals surface area contributed by atoms with Gasteiger partial charge < -0.3 is 19.4 Å². The molecule has 0 saturated heterocycles. The average molecular weight is 516 g/mol. The second kappa shape index (κ2) is 10.8. The number of hydrogen-bond donors (Lipinski definition) is 2. The van der Waals surface area contributed by atoms with Gasteiger partial charge in [0.15, 0.2) is 0 Å². The van der Waals surface area contributed by atoms with Gasteiger partial charge in [-0.15, -0.1) is 0 Å². The quantitative estimate of drug-likeness (QED) is 0.257. The lowest BCUT2D eigenvalue weighted by molar-refractivity contribution is 0.0929. The maximum atomic E-state index is 13.5. The molecule has 6 rings (SSSR count). The van der Waals surface area contributed by atoms with Gasteiger partial charge in [-0.2, -0.15) is 0 Å². The molecule has 8 heteroatoms. The van der Waals surface area contributed by atoms with E-state index >= 15 is 0 Å². The van der Waals surface area contributed by atoms with E-state index in [9.17, 15) is 4.79 Å². The van der Waals surface area contributed by atoms with Gasteiger partial charge in [0.1, 0.15) is 11.5 Å². The first-order valence-corrected chi connectivity index (χ1v) is 13.1. The molecule has 1 amide bonds. The van der Waals surface area contributed by atoms with Crippen molar-refractivity contribution in [3.05, 3.63) is 121 Å². The number of pyridine rings is 1. The molecule has 194 valence electrons. The van der Waals surface area contributed by atoms with Gasteiger partial charge >= 0.3 is 0 Å². The van der Waals surface area contributed by atoms with E-state index < -0.39 is 0 Å². The van der Waals surface area contributed by atoms with Crippen LogP contribution in [-0.4, -0.2) is 35.0 Å². The Kier molecular flexibility index (Phi) is 6.74. The topological polar surface area (TPSA) is 93.4 Å². The van der Waals surface area contributed by atoms with E-state index in [1.165, 1.54) is 0 Å². The van der Waals surface area contributed by atoms with E-state index in [0.29, 0.717) is 12.1 Å². The van der Waals surface area contributed by atoms with Crippen LogP contribution in [0.2, 0.25) is 0 Å². The number of carbonyl (C=O) groups is 1. The summed E-state index contributed by atoms with van der Waals surface area (Å²) in [7, 11) is 0. The highest BCUT2D eigenvalue weighted by Gasteiger charge is 2.24. The molecule has 0 radical (unpaired) electrons. The average Bonchev–Trinajstić information content (AvgIpc) is 3.74. The summed E-state index contributed by atoms with van der Waals surface area (Å²) in [6.45, 7) is 2.93. The minimum Gasteiger partial charge on any atom is -0.351 e. The Morgan fingerprint density at radius 2 is 1.82 bits per heavy atom. The summed E-state index contributed by atoms with van der Waals surface area (Å²) in [5.74, 6) is 0.661. The monoisotopic (exact) mass is 515 g/mol. The van der Waals surface area contributed by atoms with Crippen molar-refractivity contribution >= 4 is 16.8 Å². The van der Waals surface area contributed by atoms with Gasteiger partial charge in [0.05, 0.1) is 24.3 Å². The molecule has 1 unspecified atom stereocenters. The number of para-hydroxylation sites is 1. The van der Waals surface area contributed by atoms with Gasteiger partial charge in [0.25, 0.3) is 5.91 Å². The van der Waals surface area contributed by atoms with Gasteiger partial charge in [0, 0.05) is 54.3 Å². The standard InChI is InChI=1S/C31H29N7O/c1-2-16-38-29(23-7-9-25(10-8-23)37-17-15-33-21-37)20-34-30(38)27(18-22-11-13-32-14-12-22)36-31(39)28-19-24-5-3-4-6-26(24)35-28/h3-15,17,19-21,27,35H,2,16,18H2,1H3,(H,36,39). The van der Waals surface area contributed by atoms with E-state index in [4.69, 9.17) is 4.98 Å². The third-order valence-electron chi connectivity index (χ3n) is 6.88. The van der Waals surface area contributed by atoms with Crippen molar-refractivity contribution < 1.29 is 4.79 Å². The predicted octanol–water partition coefficient (Wildman–Crippen LogP) is 5.74. The van der Waals surface area contributed by atoms with Crippen LogP contribution in [0.4, 0.5) is 0 Å². The highest BCUT2D eigenvalue weighted by Crippen LogP contribution is 2.27. The van der Waals surface area contributed by atoms with Crippen LogP contribution in [0, 0.1) is 0 Å². The van der Waals surface area contributed by atoms with Crippen LogP contribution in [0.25, 0.3) is 27.8 Å². The van der Waals surface area contributed by atoms with Gasteiger partial charge in [-0.3, -0.25) is 9.78 Å². The van der Waals surface area contributed by atoms with Gasteiger partial charge in [0.2, 0.25) is 0 Å². The number of aromatic amines is 1. The van der Waals surface area contributed by atoms with Crippen molar-refractivity contribution in [1.82, 2.24) is 34.4 Å². The van der Waals surface area contributed by atoms with Crippen LogP contribution >= 0.6 is 0 Å². The van der Waals surface area contributed by atoms with Crippen molar-refractivity contribution in [2.75, 3.05) is 0 Å². The molecule has 2 N–H and O–H groups in total. The Balaban J connectivity index is 1.35. The zero-order chi connectivity index (χ0) is 26.6. The number of nitrogens with one attached hydrogen (secondary N) is 2. The number of carbonyl (C=O) groups excluding carboxylic acids is 1. The van der Waals surface area contributed by atoms with Crippen LogP contribution < -0.4 is 5.32 Å². The first-order valence-electron chi connectivity index (χ1n) is 13.1. The van der Waals surface area contributed by atoms with Crippen LogP contribution in [0.15, 0.2) is 104 Å². The Hall–Kier alpha value is -4.98. The van der Waals surface area contributed by atoms with E-state index in [-0.39, 0.29) is 11.9 Å². The number of benzene rings is 2. The van der Waals surface area contributed by atoms with Crippen molar-refractivity contribution in [1.29, 1.82) is 0 Å². The van der Waals surface area contributed by atoms with Crippen molar-refractivity contribution in [3.8, 4) is 16.9 Å². The number of nitrogens with zero attached hydrogens (tertiary/aromatic N) is 5. The van der Waals surface area contributed by atoms with Crippen molar-refractivity contribution in [3.63, 3.8) is 0 Å². The molecule has 2 aromatic carbocycles. The number of aromatic nitrogens is 6. The molecule has 0 fully saturated rings. The van der Waals surface area contributed by atoms with Gasteiger partial charge in [-0.05, 0) is 53.9 Å². The molecular formula is C31H29N7O. The fraction of sp³-hybridized carbons (Fsp3) is 0.161. The SMILES string of the molecule is CCCn1c(-c2ccc(-n3ccnc3)cc2)cnc1C(Cc1ccncc1)NC(=O)c1cc2ccccc2[nH]1. The van der Waals surface area contributed by atoms with Crippen LogP contribution in [0.5, 0.6) is 0 Å². The zero-order valence-corrected chi connectivity index (χ0v) is 21.7. The molecule has 4 heterocycles. The molecular weight excluding hydrogens is 486 g/mol. The molecule has 0 aliphatic heterocycles. The van der Waals surface area contributed by atoms with Crippen molar-refractivity contribution in [2.24, 2.45) is 0 Å². The van der Waals surface area contributed by atoms with E-state index in [2.05, 4.69) is 56.0 Å². The van der Waals surface area contributed by atoms with Crippen LogP contribution in [0.1, 0.15) is 41.3 Å². The molecule has 6 aromatic rings. The van der Waals surface area contributed by atoms with Crippen LogP contribution in [-0.2, 0) is 13.0 Å². The minimum absolute atomic E-state index is 0.164. The Labute approximate surface area is 226 Å². The number of H-pyrrole nitrogens is 1. The molecule has 4 aromatic heterocycles. The second-order valence-electron chi connectivity index (χ2n) is 9.53. The van der Waals surface area contributed by atoms with Gasteiger partial charge in [-0.25, -0.2) is 9.97 Å². The summed E-state index contributed by atoms with van der Waals surface area (Å²) in [5, 5.41) is 4.27. The number of imidazole rings is 2. The minimum atomic E-state index is -0.336. The first kappa shape index (κ1) is 24.4. The summed E-state index contributed by atoms with van der Waals surface area (Å²) in [6, 6.07) is 21.7. The number of hydrogen-bond acceptors (Lipinski definition) is 4. The summed E-state index contributed by atoms with van der Waals surface area (Å²) in [4.78, 5) is 29.9. The number of rotatable bonds is 9. The Morgan fingerprint density at radius 1 is 1.00 bits per heavy atom. The maximum absolute atomic E-state index is 13.5. The van der Waals surface area contributed by atoms with Crippen LogP contribution in [0.3, 0.4) is 0 Å². The number of amides is 1. The lowest BCUT2D eigenvalue weighted by atomic mass is 10.1. The summed E-state index contributed by atoms with van der Waals surface area (Å²) in [6.07, 6.45) is 12.5. The third-order valence-corrected chi connectivity index (χ3v) is 6.88. The molecule has 39 heavy (non-hydrogen) atoms. The maximum Gasteiger partial charge on any atom is 0.268 e. The first-order chi connectivity index (χ1) is 19.2. The van der Waals surface area contributed by atoms with E-state index in [1.807, 2.05) is 59.4 Å². The predicted molar refractivity (Wildman–Crippen MR) is 152 cm³/mol. The molecule has 0 aliphatic rings. The fourth-order valence-electron chi connectivity index (χ4n) is 4.97. The normalized spacial score (nSPS) is 12.0. The third kappa shape index (κ3) is 5.09. The van der Waals surface area contributed by atoms with Crippen molar-refractivity contribution in [2.45, 2.75) is 32.4 Å². The highest BCUT2D eigenvalue weighted by molar-refractivity contribution is 5.98. The van der Waals surface area contributed by atoms with Gasteiger partial charge in [-0.1, -0.05) is 37.3 Å². The van der Waals surface area contributed by atoms with E-state index in [0.717, 1.165) is 52.2 Å². The molecule has 0 aliphatic carbocycles. The second-order valence-corrected chi connectivity index (χ2v) is 9.53. The highest BCUT2D eigenvalue weighted by atomic mass is 16.2. The largest absolute Gasteiger partial charge is 0.351 e. The lowest BCUT2D eigenvalue weighted by Gasteiger charge is -2.21. The molecule has 0 saturated carbocycles. The van der Waals surface area contributed by atoms with E-state index in [1.54, 1.807) is 24.9 Å². The lowest BCUT2D eigenvalue weighted by Crippen LogP contribution is -2.32. The fourth-order valence-corrected chi connectivity index (χ4v) is 4.97. The summed E-state index contributed by atoms with van der Waals surface area (Å²) < 4.78 is 4.20. The smallest absolute Gasteiger partial charge is 0.268 e. The Bertz CT molecular complexity index is 1650. The molecule has 8 nitrogen and oxygen atoms in total. The molecule has 0 spiro atoms.